The molecule has 0 fully saturated rings. The molecule has 2 amide bonds. The van der Waals surface area contributed by atoms with E-state index in [0.717, 1.165) is 22.6 Å². The van der Waals surface area contributed by atoms with Gasteiger partial charge < -0.3 is 10.6 Å². The van der Waals surface area contributed by atoms with E-state index in [2.05, 4.69) is 26.9 Å². The topological polar surface area (TPSA) is 51.0 Å². The second-order valence-electron chi connectivity index (χ2n) is 6.44. The average Bonchev–Trinajstić information content (AvgIpc) is 3.50. The van der Waals surface area contributed by atoms with Gasteiger partial charge in [0.15, 0.2) is 5.82 Å². The lowest BCUT2D eigenvalue weighted by molar-refractivity contribution is 0.262. The Hall–Kier alpha value is -2.95. The maximum Gasteiger partial charge on any atom is 0.323 e. The van der Waals surface area contributed by atoms with Crippen molar-refractivity contribution in [3.63, 3.8) is 0 Å². The van der Waals surface area contributed by atoms with Gasteiger partial charge in [-0.2, -0.15) is 0 Å². The van der Waals surface area contributed by atoms with Crippen LogP contribution < -0.4 is 10.6 Å². The molecular weight excluding hydrogens is 312 g/mol. The van der Waals surface area contributed by atoms with E-state index in [9.17, 15) is 4.79 Å². The predicted octanol–water partition coefficient (Wildman–Crippen LogP) is 4.88. The molecule has 0 saturated heterocycles. The molecule has 2 aromatic carbocycles. The Bertz CT molecular complexity index is 900. The molecule has 128 valence electrons. The zero-order valence-corrected chi connectivity index (χ0v) is 14.5. The molecule has 0 radical (unpaired) electrons. The molecule has 2 heterocycles. The standard InChI is InChI=1S/C20H22N4O/c1-3-4-9-18-19-23(24(18)19)16-12-10-15(11-13-16)21-20(25)22-17-8-6-5-7-14(17)2/h5-8,10-13H,3-4,9H2,1-2H3,(H2,21,22,25). The van der Waals surface area contributed by atoms with E-state index >= 15 is 0 Å². The fourth-order valence-corrected chi connectivity index (χ4v) is 3.01. The molecule has 4 rings (SSSR count). The number of hydrogen-bond acceptors (Lipinski definition) is 1. The molecule has 2 N–H and O–H groups in total. The van der Waals surface area contributed by atoms with Crippen molar-refractivity contribution in [2.24, 2.45) is 0 Å². The van der Waals surface area contributed by atoms with Crippen molar-refractivity contribution in [3.8, 4) is 11.5 Å². The van der Waals surface area contributed by atoms with Crippen molar-refractivity contribution in [1.82, 2.24) is 9.36 Å². The summed E-state index contributed by atoms with van der Waals surface area (Å²) in [6, 6.07) is 15.4. The Morgan fingerprint density at radius 1 is 1.00 bits per heavy atom. The normalized spacial score (nSPS) is 11.4. The van der Waals surface area contributed by atoms with Gasteiger partial charge in [-0.05, 0) is 55.7 Å². The zero-order chi connectivity index (χ0) is 17.4. The number of unbranched alkanes of at least 4 members (excludes halogenated alkanes) is 1. The van der Waals surface area contributed by atoms with Gasteiger partial charge in [0.05, 0.1) is 11.4 Å². The van der Waals surface area contributed by atoms with E-state index in [1.807, 2.05) is 55.5 Å². The van der Waals surface area contributed by atoms with Crippen molar-refractivity contribution in [2.45, 2.75) is 33.1 Å². The van der Waals surface area contributed by atoms with Crippen molar-refractivity contribution >= 4 is 17.4 Å². The number of aromatic nitrogens is 2. The summed E-state index contributed by atoms with van der Waals surface area (Å²) in [6.07, 6.45) is 3.67. The summed E-state index contributed by atoms with van der Waals surface area (Å²) in [6.45, 7) is 4.19. The maximum atomic E-state index is 12.1. The van der Waals surface area contributed by atoms with E-state index in [1.54, 1.807) is 0 Å². The number of nitrogens with one attached hydrogen (secondary N) is 2. The highest BCUT2D eigenvalue weighted by Crippen LogP contribution is 2.42. The van der Waals surface area contributed by atoms with E-state index in [-0.39, 0.29) is 6.03 Å². The van der Waals surface area contributed by atoms with Gasteiger partial charge in [0, 0.05) is 11.4 Å². The molecule has 0 unspecified atom stereocenters. The smallest absolute Gasteiger partial charge is 0.308 e. The molecule has 5 nitrogen and oxygen atoms in total. The predicted molar refractivity (Wildman–Crippen MR) is 101 cm³/mol. The van der Waals surface area contributed by atoms with Crippen LogP contribution in [0.5, 0.6) is 0 Å². The van der Waals surface area contributed by atoms with Gasteiger partial charge in [-0.15, -0.1) is 0 Å². The van der Waals surface area contributed by atoms with Gasteiger partial charge in [0.2, 0.25) is 0 Å². The molecule has 25 heavy (non-hydrogen) atoms. The number of carbonyl (C=O) groups is 1. The SMILES string of the molecule is CCCCc1c2n(-c3ccc(NC(=O)Nc4ccccc4C)cc3)n1-2. The molecule has 5 heteroatoms. The Balaban J connectivity index is 1.35. The van der Waals surface area contributed by atoms with Gasteiger partial charge in [0.25, 0.3) is 0 Å². The van der Waals surface area contributed by atoms with Gasteiger partial charge in [-0.1, -0.05) is 31.5 Å². The number of anilines is 2. The van der Waals surface area contributed by atoms with Crippen LogP contribution in [0.2, 0.25) is 0 Å². The number of aryl methyl sites for hydroxylation is 2. The summed E-state index contributed by atoms with van der Waals surface area (Å²) in [5.41, 5.74) is 5.25. The number of urea groups is 1. The van der Waals surface area contributed by atoms with Crippen LogP contribution in [0.3, 0.4) is 0 Å². The van der Waals surface area contributed by atoms with Crippen molar-refractivity contribution in [3.05, 3.63) is 59.8 Å². The molecule has 2 aromatic rings. The Kier molecular flexibility index (Phi) is 3.84. The third-order valence-electron chi connectivity index (χ3n) is 4.56. The Morgan fingerprint density at radius 2 is 1.72 bits per heavy atom. The van der Waals surface area contributed by atoms with Gasteiger partial charge in [-0.25, -0.2) is 14.2 Å². The van der Waals surface area contributed by atoms with Crippen LogP contribution in [0.1, 0.15) is 31.0 Å². The average molecular weight is 334 g/mol. The summed E-state index contributed by atoms with van der Waals surface area (Å²) in [5.74, 6) is 1.35. The number of nitrogens with zero attached hydrogens (tertiary/aromatic N) is 2. The van der Waals surface area contributed by atoms with Crippen LogP contribution in [-0.4, -0.2) is 15.4 Å². The van der Waals surface area contributed by atoms with E-state index in [1.165, 1.54) is 30.8 Å². The quantitative estimate of drug-likeness (QED) is 0.519. The number of hydrogen-bond donors (Lipinski definition) is 2. The molecule has 2 aliphatic rings. The first-order valence-electron chi connectivity index (χ1n) is 8.76. The Morgan fingerprint density at radius 3 is 2.40 bits per heavy atom. The third kappa shape index (κ3) is 3.05. The minimum absolute atomic E-state index is 0.232. The van der Waals surface area contributed by atoms with E-state index in [4.69, 9.17) is 0 Å². The number of benzene rings is 2. The summed E-state index contributed by atoms with van der Waals surface area (Å²) in [4.78, 5) is 12.1. The molecule has 2 aliphatic heterocycles. The number of fused-ring (bicyclic) bond motifs is 1. The number of para-hydroxylation sites is 1. The van der Waals surface area contributed by atoms with Crippen LogP contribution in [0.25, 0.3) is 11.5 Å². The van der Waals surface area contributed by atoms with Crippen molar-refractivity contribution in [1.29, 1.82) is 0 Å². The van der Waals surface area contributed by atoms with Gasteiger partial charge in [-0.3, -0.25) is 0 Å². The second kappa shape index (κ2) is 6.16. The molecular formula is C20H22N4O. The fraction of sp³-hybridized carbons (Fsp3) is 0.250. The first-order valence-corrected chi connectivity index (χ1v) is 8.76. The first-order chi connectivity index (χ1) is 12.2. The molecule has 0 aromatic heterocycles. The van der Waals surface area contributed by atoms with Crippen LogP contribution in [0.15, 0.2) is 48.5 Å². The van der Waals surface area contributed by atoms with Gasteiger partial charge in [0.1, 0.15) is 0 Å². The summed E-state index contributed by atoms with van der Waals surface area (Å²) < 4.78 is 4.45. The van der Waals surface area contributed by atoms with Gasteiger partial charge >= 0.3 is 6.03 Å². The van der Waals surface area contributed by atoms with Crippen molar-refractivity contribution < 1.29 is 4.79 Å². The largest absolute Gasteiger partial charge is 0.323 e. The van der Waals surface area contributed by atoms with Crippen LogP contribution in [-0.2, 0) is 6.42 Å². The van der Waals surface area contributed by atoms with E-state index < -0.39 is 0 Å². The number of rotatable bonds is 6. The zero-order valence-electron chi connectivity index (χ0n) is 14.5. The monoisotopic (exact) mass is 334 g/mol. The third-order valence-corrected chi connectivity index (χ3v) is 4.56. The lowest BCUT2D eigenvalue weighted by Crippen LogP contribution is -2.19. The molecule has 0 saturated carbocycles. The second-order valence-corrected chi connectivity index (χ2v) is 6.44. The minimum Gasteiger partial charge on any atom is -0.308 e. The molecule has 0 atom stereocenters. The minimum atomic E-state index is -0.232. The van der Waals surface area contributed by atoms with E-state index in [0.29, 0.717) is 0 Å². The first kappa shape index (κ1) is 15.6. The lowest BCUT2D eigenvalue weighted by atomic mass is 10.2. The summed E-state index contributed by atoms with van der Waals surface area (Å²) in [7, 11) is 0. The highest BCUT2D eigenvalue weighted by atomic mass is 16.2. The summed E-state index contributed by atoms with van der Waals surface area (Å²) in [5, 5.41) is 5.74. The maximum absolute atomic E-state index is 12.1. The fourth-order valence-electron chi connectivity index (χ4n) is 3.01. The number of amides is 2. The molecule has 0 bridgehead atoms. The summed E-state index contributed by atoms with van der Waals surface area (Å²) >= 11 is 0. The molecule has 0 spiro atoms. The molecule has 0 aliphatic carbocycles. The van der Waals surface area contributed by atoms with Crippen LogP contribution in [0.4, 0.5) is 16.2 Å². The van der Waals surface area contributed by atoms with Crippen LogP contribution >= 0.6 is 0 Å². The highest BCUT2D eigenvalue weighted by molar-refractivity contribution is 6.00. The van der Waals surface area contributed by atoms with Crippen molar-refractivity contribution in [2.75, 3.05) is 10.6 Å². The number of carbonyl (C=O) groups excluding carboxylic acids is 1. The Labute approximate surface area is 147 Å². The van der Waals surface area contributed by atoms with Crippen LogP contribution in [0, 0.1) is 6.92 Å². The lowest BCUT2D eigenvalue weighted by Gasteiger charge is -2.10. The highest BCUT2D eigenvalue weighted by Gasteiger charge is 2.40.